The molecule has 0 bridgehead atoms. The van der Waals surface area contributed by atoms with Crippen LogP contribution in [0.1, 0.15) is 5.56 Å². The number of nitrogens with one attached hydrogen (secondary N) is 1. The normalized spacial score (nSPS) is 13.3. The molecule has 1 aliphatic heterocycles. The summed E-state index contributed by atoms with van der Waals surface area (Å²) in [5, 5.41) is 3.47. The number of fused-ring (bicyclic) bond motifs is 1. The molecule has 2 amide bonds. The molecule has 0 aromatic heterocycles. The minimum Gasteiger partial charge on any atom is -0.481 e. The van der Waals surface area contributed by atoms with Crippen LogP contribution in [0.4, 0.5) is 11.4 Å². The van der Waals surface area contributed by atoms with Crippen LogP contribution in [0.25, 0.3) is 0 Å². The maximum Gasteiger partial charge on any atom is 0.264 e. The topological polar surface area (TPSA) is 58.6 Å². The highest BCUT2D eigenvalue weighted by atomic mass is 35.5. The number of halogens is 1. The van der Waals surface area contributed by atoms with Crippen molar-refractivity contribution in [3.63, 3.8) is 0 Å². The number of carbonyl (C=O) groups is 2. The van der Waals surface area contributed by atoms with Gasteiger partial charge in [0.2, 0.25) is 5.91 Å². The number of para-hydroxylation sites is 1. The van der Waals surface area contributed by atoms with Gasteiger partial charge in [-0.05, 0) is 29.8 Å². The Bertz CT molecular complexity index is 759. The molecule has 1 aliphatic rings. The Labute approximate surface area is 138 Å². The lowest BCUT2D eigenvalue weighted by molar-refractivity contribution is -0.121. The van der Waals surface area contributed by atoms with E-state index in [1.54, 1.807) is 49.5 Å². The number of rotatable bonds is 3. The molecule has 0 aliphatic carbocycles. The van der Waals surface area contributed by atoms with E-state index >= 15 is 0 Å². The molecule has 0 unspecified atom stereocenters. The van der Waals surface area contributed by atoms with Gasteiger partial charge in [-0.3, -0.25) is 9.59 Å². The zero-order chi connectivity index (χ0) is 16.4. The standard InChI is InChI=1S/C17H15ClN2O3/c1-20-16(22)10-23-14-4-2-3-13(17(14)20)19-15(21)9-11-5-7-12(18)8-6-11/h2-8H,9-10H2,1H3,(H,19,21). The summed E-state index contributed by atoms with van der Waals surface area (Å²) < 4.78 is 5.40. The summed E-state index contributed by atoms with van der Waals surface area (Å²) in [6.45, 7) is 0.00563. The first-order valence-corrected chi connectivity index (χ1v) is 7.49. The van der Waals surface area contributed by atoms with Gasteiger partial charge in [-0.2, -0.15) is 0 Å². The quantitative estimate of drug-likeness (QED) is 0.941. The second-order valence-electron chi connectivity index (χ2n) is 5.25. The van der Waals surface area contributed by atoms with Crippen LogP contribution >= 0.6 is 11.6 Å². The minimum absolute atomic E-state index is 0.00563. The predicted molar refractivity (Wildman–Crippen MR) is 89.1 cm³/mol. The molecule has 3 rings (SSSR count). The molecule has 1 heterocycles. The molecule has 2 aromatic rings. The van der Waals surface area contributed by atoms with E-state index in [9.17, 15) is 9.59 Å². The molecular weight excluding hydrogens is 316 g/mol. The second kappa shape index (κ2) is 6.30. The molecule has 118 valence electrons. The van der Waals surface area contributed by atoms with Gasteiger partial charge >= 0.3 is 0 Å². The molecule has 0 atom stereocenters. The highest BCUT2D eigenvalue weighted by Crippen LogP contribution is 2.38. The number of likely N-dealkylation sites (N-methyl/N-ethyl adjacent to an activating group) is 1. The van der Waals surface area contributed by atoms with Crippen molar-refractivity contribution in [2.45, 2.75) is 6.42 Å². The fraction of sp³-hybridized carbons (Fsp3) is 0.176. The Kier molecular flexibility index (Phi) is 4.21. The fourth-order valence-corrected chi connectivity index (χ4v) is 2.55. The van der Waals surface area contributed by atoms with E-state index in [-0.39, 0.29) is 24.8 Å². The van der Waals surface area contributed by atoms with Gasteiger partial charge in [-0.25, -0.2) is 0 Å². The Morgan fingerprint density at radius 3 is 2.74 bits per heavy atom. The van der Waals surface area contributed by atoms with Gasteiger partial charge in [-0.1, -0.05) is 29.8 Å². The van der Waals surface area contributed by atoms with E-state index in [0.717, 1.165) is 5.56 Å². The summed E-state index contributed by atoms with van der Waals surface area (Å²) in [7, 11) is 1.67. The van der Waals surface area contributed by atoms with E-state index in [4.69, 9.17) is 16.3 Å². The van der Waals surface area contributed by atoms with E-state index in [0.29, 0.717) is 22.1 Å². The van der Waals surface area contributed by atoms with Gasteiger partial charge < -0.3 is 15.0 Å². The first-order valence-electron chi connectivity index (χ1n) is 7.11. The summed E-state index contributed by atoms with van der Waals surface area (Å²) in [4.78, 5) is 25.5. The zero-order valence-electron chi connectivity index (χ0n) is 12.5. The van der Waals surface area contributed by atoms with Crippen LogP contribution in [0.5, 0.6) is 5.75 Å². The van der Waals surface area contributed by atoms with Crippen LogP contribution in [0.2, 0.25) is 5.02 Å². The van der Waals surface area contributed by atoms with Crippen LogP contribution in [-0.2, 0) is 16.0 Å². The molecule has 5 nitrogen and oxygen atoms in total. The average molecular weight is 331 g/mol. The molecule has 0 radical (unpaired) electrons. The molecular formula is C17H15ClN2O3. The smallest absolute Gasteiger partial charge is 0.264 e. The van der Waals surface area contributed by atoms with Crippen molar-refractivity contribution in [3.8, 4) is 5.75 Å². The molecule has 0 saturated carbocycles. The molecule has 2 aromatic carbocycles. The van der Waals surface area contributed by atoms with Gasteiger partial charge in [0.25, 0.3) is 5.91 Å². The Morgan fingerprint density at radius 2 is 2.00 bits per heavy atom. The number of carbonyl (C=O) groups excluding carboxylic acids is 2. The third-order valence-electron chi connectivity index (χ3n) is 3.61. The number of amides is 2. The van der Waals surface area contributed by atoms with Crippen LogP contribution in [-0.4, -0.2) is 25.5 Å². The van der Waals surface area contributed by atoms with Crippen molar-refractivity contribution in [1.29, 1.82) is 0 Å². The van der Waals surface area contributed by atoms with Crippen molar-refractivity contribution in [2.75, 3.05) is 23.9 Å². The van der Waals surface area contributed by atoms with E-state index in [2.05, 4.69) is 5.32 Å². The van der Waals surface area contributed by atoms with Gasteiger partial charge in [0.05, 0.1) is 12.1 Å². The van der Waals surface area contributed by atoms with Gasteiger partial charge in [0.15, 0.2) is 6.61 Å². The molecule has 0 saturated heterocycles. The largest absolute Gasteiger partial charge is 0.481 e. The van der Waals surface area contributed by atoms with Crippen LogP contribution in [0.3, 0.4) is 0 Å². The summed E-state index contributed by atoms with van der Waals surface area (Å²) in [5.41, 5.74) is 1.99. The number of ether oxygens (including phenoxy) is 1. The van der Waals surface area contributed by atoms with Gasteiger partial charge in [0, 0.05) is 12.1 Å². The van der Waals surface area contributed by atoms with Crippen molar-refractivity contribution in [2.24, 2.45) is 0 Å². The monoisotopic (exact) mass is 330 g/mol. The van der Waals surface area contributed by atoms with Crippen LogP contribution < -0.4 is 15.0 Å². The van der Waals surface area contributed by atoms with Crippen LogP contribution in [0.15, 0.2) is 42.5 Å². The minimum atomic E-state index is -0.174. The lowest BCUT2D eigenvalue weighted by Crippen LogP contribution is -2.36. The lowest BCUT2D eigenvalue weighted by atomic mass is 10.1. The Balaban J connectivity index is 1.79. The number of nitrogens with zero attached hydrogens (tertiary/aromatic N) is 1. The van der Waals surface area contributed by atoms with Crippen molar-refractivity contribution >= 4 is 34.8 Å². The first-order chi connectivity index (χ1) is 11.0. The summed E-state index contributed by atoms with van der Waals surface area (Å²) in [6, 6.07) is 12.4. The van der Waals surface area contributed by atoms with E-state index in [1.807, 2.05) is 0 Å². The number of benzene rings is 2. The first kappa shape index (κ1) is 15.4. The van der Waals surface area contributed by atoms with Crippen LogP contribution in [0, 0.1) is 0 Å². The van der Waals surface area contributed by atoms with Gasteiger partial charge in [0.1, 0.15) is 11.4 Å². The molecule has 1 N–H and O–H groups in total. The maximum atomic E-state index is 12.3. The van der Waals surface area contributed by atoms with E-state index in [1.165, 1.54) is 4.90 Å². The number of hydrogen-bond donors (Lipinski definition) is 1. The maximum absolute atomic E-state index is 12.3. The highest BCUT2D eigenvalue weighted by Gasteiger charge is 2.25. The van der Waals surface area contributed by atoms with E-state index < -0.39 is 0 Å². The van der Waals surface area contributed by atoms with Crippen molar-refractivity contribution in [1.82, 2.24) is 0 Å². The van der Waals surface area contributed by atoms with Gasteiger partial charge in [-0.15, -0.1) is 0 Å². The third kappa shape index (κ3) is 3.29. The summed E-state index contributed by atoms with van der Waals surface area (Å²) >= 11 is 5.84. The summed E-state index contributed by atoms with van der Waals surface area (Å²) in [5.74, 6) is 0.250. The SMILES string of the molecule is CN1C(=O)COc2cccc(NC(=O)Cc3ccc(Cl)cc3)c21. The molecule has 23 heavy (non-hydrogen) atoms. The molecule has 0 fully saturated rings. The fourth-order valence-electron chi connectivity index (χ4n) is 2.43. The van der Waals surface area contributed by atoms with Crippen molar-refractivity contribution in [3.05, 3.63) is 53.1 Å². The van der Waals surface area contributed by atoms with Crippen molar-refractivity contribution < 1.29 is 14.3 Å². The number of hydrogen-bond acceptors (Lipinski definition) is 3. The third-order valence-corrected chi connectivity index (χ3v) is 3.86. The average Bonchev–Trinajstić information content (AvgIpc) is 2.53. The predicted octanol–water partition coefficient (Wildman–Crippen LogP) is 2.88. The second-order valence-corrected chi connectivity index (χ2v) is 5.68. The Morgan fingerprint density at radius 1 is 1.26 bits per heavy atom. The number of anilines is 2. The summed E-state index contributed by atoms with van der Waals surface area (Å²) in [6.07, 6.45) is 0.222. The zero-order valence-corrected chi connectivity index (χ0v) is 13.3. The molecule has 0 spiro atoms. The Hall–Kier alpha value is -2.53. The lowest BCUT2D eigenvalue weighted by Gasteiger charge is -2.28. The highest BCUT2D eigenvalue weighted by molar-refractivity contribution is 6.30. The molecule has 6 heteroatoms.